The fourth-order valence-corrected chi connectivity index (χ4v) is 2.75. The van der Waals surface area contributed by atoms with Crippen LogP contribution in [0.5, 0.6) is 0 Å². The van der Waals surface area contributed by atoms with Gasteiger partial charge in [-0.05, 0) is 31.5 Å². The minimum atomic E-state index is -0.348. The van der Waals surface area contributed by atoms with Crippen LogP contribution in [0.4, 0.5) is 11.4 Å². The number of hydrogen-bond donors (Lipinski definition) is 2. The Labute approximate surface area is 125 Å². The number of carbonyl (C=O) groups excluding carboxylic acids is 1. The summed E-state index contributed by atoms with van der Waals surface area (Å²) in [6.07, 6.45) is 1.21. The minimum absolute atomic E-state index is 0.0566. The minimum Gasteiger partial charge on any atom is -0.462 e. The van der Waals surface area contributed by atoms with Crippen molar-refractivity contribution in [2.24, 2.45) is 5.41 Å². The van der Waals surface area contributed by atoms with E-state index in [0.717, 1.165) is 12.1 Å². The average molecular weight is 292 g/mol. The van der Waals surface area contributed by atoms with Gasteiger partial charge in [-0.2, -0.15) is 0 Å². The molecule has 1 aliphatic rings. The van der Waals surface area contributed by atoms with E-state index in [0.29, 0.717) is 23.9 Å². The number of hydrogen-bond acceptors (Lipinski definition) is 5. The molecule has 5 heteroatoms. The van der Waals surface area contributed by atoms with Gasteiger partial charge in [-0.3, -0.25) is 0 Å². The smallest absolute Gasteiger partial charge is 0.338 e. The van der Waals surface area contributed by atoms with Crippen molar-refractivity contribution >= 4 is 17.3 Å². The van der Waals surface area contributed by atoms with Crippen LogP contribution in [0.1, 0.15) is 37.6 Å². The zero-order valence-electron chi connectivity index (χ0n) is 13.1. The highest BCUT2D eigenvalue weighted by Gasteiger charge is 2.48. The maximum Gasteiger partial charge on any atom is 0.338 e. The quantitative estimate of drug-likeness (QED) is 0.645. The number of anilines is 2. The van der Waals surface area contributed by atoms with Crippen molar-refractivity contribution in [1.82, 2.24) is 0 Å². The summed E-state index contributed by atoms with van der Waals surface area (Å²) < 4.78 is 10.4. The Morgan fingerprint density at radius 2 is 2.19 bits per heavy atom. The SMILES string of the molecule is CCOC(=O)c1ccc(NC2CC(OC)C2(C)C)c(N)c1. The summed E-state index contributed by atoms with van der Waals surface area (Å²) >= 11 is 0. The van der Waals surface area contributed by atoms with Gasteiger partial charge in [0.15, 0.2) is 0 Å². The molecule has 116 valence electrons. The van der Waals surface area contributed by atoms with Crippen LogP contribution in [0, 0.1) is 5.41 Å². The van der Waals surface area contributed by atoms with Crippen molar-refractivity contribution in [2.75, 3.05) is 24.8 Å². The Bertz CT molecular complexity index is 528. The lowest BCUT2D eigenvalue weighted by Gasteiger charge is -2.51. The third kappa shape index (κ3) is 2.97. The Morgan fingerprint density at radius 3 is 2.71 bits per heavy atom. The summed E-state index contributed by atoms with van der Waals surface area (Å²) in [7, 11) is 1.74. The lowest BCUT2D eigenvalue weighted by molar-refractivity contribution is -0.0794. The molecule has 0 heterocycles. The number of nitrogen functional groups attached to an aromatic ring is 1. The van der Waals surface area contributed by atoms with Gasteiger partial charge in [0.1, 0.15) is 0 Å². The predicted molar refractivity (Wildman–Crippen MR) is 83.4 cm³/mol. The molecule has 0 saturated heterocycles. The third-order valence-corrected chi connectivity index (χ3v) is 4.35. The van der Waals surface area contributed by atoms with Crippen molar-refractivity contribution < 1.29 is 14.3 Å². The standard InChI is InChI=1S/C16H24N2O3/c1-5-21-15(19)10-6-7-12(11(17)8-10)18-13-9-14(20-4)16(13,2)3/h6-8,13-14,18H,5,9,17H2,1-4H3. The number of nitrogens with one attached hydrogen (secondary N) is 1. The summed E-state index contributed by atoms with van der Waals surface area (Å²) in [5, 5.41) is 3.44. The molecule has 1 aromatic carbocycles. The molecular formula is C16H24N2O3. The fourth-order valence-electron chi connectivity index (χ4n) is 2.75. The Hall–Kier alpha value is -1.75. The molecule has 2 atom stereocenters. The molecule has 0 spiro atoms. The van der Waals surface area contributed by atoms with E-state index in [1.165, 1.54) is 0 Å². The van der Waals surface area contributed by atoms with Crippen LogP contribution in [0.25, 0.3) is 0 Å². The molecule has 21 heavy (non-hydrogen) atoms. The second-order valence-electron chi connectivity index (χ2n) is 6.00. The molecule has 1 aliphatic carbocycles. The number of nitrogens with two attached hydrogens (primary N) is 1. The molecule has 0 amide bonds. The zero-order valence-corrected chi connectivity index (χ0v) is 13.1. The van der Waals surface area contributed by atoms with Crippen molar-refractivity contribution in [3.05, 3.63) is 23.8 Å². The van der Waals surface area contributed by atoms with Crippen LogP contribution >= 0.6 is 0 Å². The van der Waals surface area contributed by atoms with Gasteiger partial charge < -0.3 is 20.5 Å². The highest BCUT2D eigenvalue weighted by molar-refractivity contribution is 5.92. The fraction of sp³-hybridized carbons (Fsp3) is 0.562. The van der Waals surface area contributed by atoms with E-state index in [2.05, 4.69) is 19.2 Å². The van der Waals surface area contributed by atoms with Gasteiger partial charge in [0.05, 0.1) is 29.6 Å². The number of methoxy groups -OCH3 is 1. The molecule has 0 bridgehead atoms. The Morgan fingerprint density at radius 1 is 1.48 bits per heavy atom. The summed E-state index contributed by atoms with van der Waals surface area (Å²) in [6.45, 7) is 6.48. The molecule has 0 aromatic heterocycles. The van der Waals surface area contributed by atoms with Crippen molar-refractivity contribution in [3.8, 4) is 0 Å². The lowest BCUT2D eigenvalue weighted by Crippen LogP contribution is -2.57. The number of ether oxygens (including phenoxy) is 2. The van der Waals surface area contributed by atoms with Crippen LogP contribution < -0.4 is 11.1 Å². The number of esters is 1. The highest BCUT2D eigenvalue weighted by atomic mass is 16.5. The molecule has 2 rings (SSSR count). The molecular weight excluding hydrogens is 268 g/mol. The molecule has 1 aromatic rings. The highest BCUT2D eigenvalue weighted by Crippen LogP contribution is 2.44. The van der Waals surface area contributed by atoms with E-state index < -0.39 is 0 Å². The van der Waals surface area contributed by atoms with Crippen molar-refractivity contribution in [3.63, 3.8) is 0 Å². The van der Waals surface area contributed by atoms with Crippen LogP contribution in [0.15, 0.2) is 18.2 Å². The van der Waals surface area contributed by atoms with Gasteiger partial charge in [0.2, 0.25) is 0 Å². The second-order valence-corrected chi connectivity index (χ2v) is 6.00. The van der Waals surface area contributed by atoms with E-state index in [4.69, 9.17) is 15.2 Å². The summed E-state index contributed by atoms with van der Waals surface area (Å²) in [4.78, 5) is 11.7. The number of carbonyl (C=O) groups is 1. The third-order valence-electron chi connectivity index (χ3n) is 4.35. The summed E-state index contributed by atoms with van der Waals surface area (Å²) in [6, 6.07) is 5.52. The maximum absolute atomic E-state index is 11.7. The van der Waals surface area contributed by atoms with E-state index >= 15 is 0 Å². The van der Waals surface area contributed by atoms with Gasteiger partial charge in [-0.25, -0.2) is 4.79 Å². The van der Waals surface area contributed by atoms with Gasteiger partial charge in [-0.1, -0.05) is 13.8 Å². The van der Waals surface area contributed by atoms with Gasteiger partial charge in [-0.15, -0.1) is 0 Å². The Balaban J connectivity index is 2.07. The molecule has 2 unspecified atom stereocenters. The van der Waals surface area contributed by atoms with E-state index in [1.807, 2.05) is 6.07 Å². The molecule has 1 saturated carbocycles. The summed E-state index contributed by atoms with van der Waals surface area (Å²) in [5.41, 5.74) is 7.96. The first-order valence-electron chi connectivity index (χ1n) is 7.26. The van der Waals surface area contributed by atoms with Crippen molar-refractivity contribution in [1.29, 1.82) is 0 Å². The van der Waals surface area contributed by atoms with Crippen LogP contribution in [0.3, 0.4) is 0 Å². The predicted octanol–water partition coefficient (Wildman–Crippen LogP) is 2.67. The number of rotatable bonds is 5. The molecule has 5 nitrogen and oxygen atoms in total. The largest absolute Gasteiger partial charge is 0.462 e. The molecule has 3 N–H and O–H groups in total. The molecule has 0 aliphatic heterocycles. The molecule has 1 fully saturated rings. The van der Waals surface area contributed by atoms with Gasteiger partial charge in [0.25, 0.3) is 0 Å². The van der Waals surface area contributed by atoms with Crippen LogP contribution in [0.2, 0.25) is 0 Å². The average Bonchev–Trinajstić information content (AvgIpc) is 2.44. The first kappa shape index (κ1) is 15.6. The van der Waals surface area contributed by atoms with E-state index in [9.17, 15) is 4.79 Å². The van der Waals surface area contributed by atoms with Gasteiger partial charge in [0, 0.05) is 18.6 Å². The van der Waals surface area contributed by atoms with Crippen LogP contribution in [-0.4, -0.2) is 31.8 Å². The number of benzene rings is 1. The van der Waals surface area contributed by atoms with E-state index in [1.54, 1.807) is 26.2 Å². The summed E-state index contributed by atoms with van der Waals surface area (Å²) in [5.74, 6) is -0.348. The molecule has 0 radical (unpaired) electrons. The lowest BCUT2D eigenvalue weighted by atomic mass is 9.64. The Kier molecular flexibility index (Phi) is 4.42. The first-order valence-corrected chi connectivity index (χ1v) is 7.26. The zero-order chi connectivity index (χ0) is 15.6. The normalized spacial score (nSPS) is 23.2. The first-order chi connectivity index (χ1) is 9.90. The topological polar surface area (TPSA) is 73.6 Å². The monoisotopic (exact) mass is 292 g/mol. The second kappa shape index (κ2) is 5.93. The maximum atomic E-state index is 11.7. The van der Waals surface area contributed by atoms with Crippen LogP contribution in [-0.2, 0) is 9.47 Å². The van der Waals surface area contributed by atoms with Gasteiger partial charge >= 0.3 is 5.97 Å². The van der Waals surface area contributed by atoms with Crippen molar-refractivity contribution in [2.45, 2.75) is 39.3 Å². The van der Waals surface area contributed by atoms with E-state index in [-0.39, 0.29) is 17.5 Å².